The molecule has 0 aliphatic carbocycles. The van der Waals surface area contributed by atoms with Crippen molar-refractivity contribution < 1.29 is 52.3 Å². The number of hydrogen-bond acceptors (Lipinski definition) is 15. The van der Waals surface area contributed by atoms with E-state index in [2.05, 4.69) is 35.2 Å². The van der Waals surface area contributed by atoms with Gasteiger partial charge in [0.2, 0.25) is 25.5 Å². The number of nitrogens with zero attached hydrogens (tertiary/aromatic N) is 2. The van der Waals surface area contributed by atoms with E-state index >= 15 is 0 Å². The molecule has 0 amide bonds. The molecule has 4 aromatic carbocycles. The molecule has 0 fully saturated rings. The summed E-state index contributed by atoms with van der Waals surface area (Å²) < 4.78 is 37.9. The molecule has 0 spiro atoms. The minimum absolute atomic E-state index is 0.0144. The van der Waals surface area contributed by atoms with E-state index in [0.717, 1.165) is 39.6 Å². The van der Waals surface area contributed by atoms with Crippen LogP contribution in [0.3, 0.4) is 0 Å². The Labute approximate surface area is 312 Å². The predicted octanol–water partition coefficient (Wildman–Crippen LogP) is 6.83. The van der Waals surface area contributed by atoms with Crippen LogP contribution in [-0.2, 0) is 28.6 Å². The molecule has 1 aromatic heterocycles. The van der Waals surface area contributed by atoms with Crippen molar-refractivity contribution in [2.24, 2.45) is 5.10 Å². The van der Waals surface area contributed by atoms with Gasteiger partial charge in [0.25, 0.3) is 0 Å². The molecule has 274 valence electrons. The number of hydrazone groups is 1. The van der Waals surface area contributed by atoms with Crippen molar-refractivity contribution >= 4 is 56.8 Å². The SMILES string of the molecule is C=CC(=O)OCOc1ccc(-c2ccc(OC(=O)c3ccc(OCOC(=O)C=C)c(OCOC(=O)C=C)c3)c(/C=N/Nc3nc4ccccc4s3)c2)cc1. The molecular formula is C39H31N3O11S. The van der Waals surface area contributed by atoms with Gasteiger partial charge in [0, 0.05) is 23.8 Å². The van der Waals surface area contributed by atoms with Crippen LogP contribution in [-0.4, -0.2) is 55.5 Å². The summed E-state index contributed by atoms with van der Waals surface area (Å²) in [5.41, 5.74) is 5.78. The van der Waals surface area contributed by atoms with E-state index in [1.165, 1.54) is 35.8 Å². The number of nitrogens with one attached hydrogen (secondary N) is 1. The fraction of sp³-hybridized carbons (Fsp3) is 0.0769. The van der Waals surface area contributed by atoms with Crippen LogP contribution < -0.4 is 24.4 Å². The van der Waals surface area contributed by atoms with Crippen LogP contribution in [0, 0.1) is 0 Å². The Morgan fingerprint density at radius 3 is 1.96 bits per heavy atom. The average Bonchev–Trinajstić information content (AvgIpc) is 3.61. The summed E-state index contributed by atoms with van der Waals surface area (Å²) in [5, 5.41) is 4.93. The van der Waals surface area contributed by atoms with E-state index in [1.807, 2.05) is 36.4 Å². The lowest BCUT2D eigenvalue weighted by Crippen LogP contribution is -2.13. The standard InChI is InChI=1S/C39H31N3O11S/c1-4-35(43)50-22-47-29-15-11-25(12-16-29)26-13-17-31(28(19-26)21-40-42-39-41-30-9-7-8-10-34(30)54-39)53-38(46)27-14-18-32(48-23-51-36(44)5-2)33(20-27)49-24-52-37(45)6-3/h4-21H,1-3,22-24H2,(H,41,42)/b40-21+. The molecule has 0 unspecified atom stereocenters. The first-order chi connectivity index (χ1) is 26.3. The molecule has 0 saturated heterocycles. The maximum atomic E-state index is 13.5. The Bertz CT molecular complexity index is 2180. The van der Waals surface area contributed by atoms with Crippen molar-refractivity contribution in [3.8, 4) is 34.1 Å². The van der Waals surface area contributed by atoms with Gasteiger partial charge in [-0.05, 0) is 65.7 Å². The van der Waals surface area contributed by atoms with Crippen molar-refractivity contribution in [3.63, 3.8) is 0 Å². The van der Waals surface area contributed by atoms with Crippen LogP contribution in [0.25, 0.3) is 21.3 Å². The summed E-state index contributed by atoms with van der Waals surface area (Å²) in [5.74, 6) is -2.13. The van der Waals surface area contributed by atoms with Crippen molar-refractivity contribution in [2.45, 2.75) is 0 Å². The first-order valence-corrected chi connectivity index (χ1v) is 16.6. The largest absolute Gasteiger partial charge is 0.457 e. The lowest BCUT2D eigenvalue weighted by molar-refractivity contribution is -0.146. The van der Waals surface area contributed by atoms with Gasteiger partial charge in [0.15, 0.2) is 11.5 Å². The zero-order chi connectivity index (χ0) is 38.3. The number of hydrogen-bond donors (Lipinski definition) is 1. The summed E-state index contributed by atoms with van der Waals surface area (Å²) in [4.78, 5) is 52.3. The van der Waals surface area contributed by atoms with Gasteiger partial charge < -0.3 is 33.2 Å². The van der Waals surface area contributed by atoms with Crippen LogP contribution in [0.4, 0.5) is 5.13 Å². The fourth-order valence-corrected chi connectivity index (χ4v) is 5.22. The number of carbonyl (C=O) groups is 4. The zero-order valence-corrected chi connectivity index (χ0v) is 29.2. The summed E-state index contributed by atoms with van der Waals surface area (Å²) in [7, 11) is 0. The number of fused-ring (bicyclic) bond motifs is 1. The Balaban J connectivity index is 1.38. The van der Waals surface area contributed by atoms with Crippen molar-refractivity contribution in [1.29, 1.82) is 0 Å². The summed E-state index contributed by atoms with van der Waals surface area (Å²) in [6.07, 6.45) is 4.46. The number of anilines is 1. The number of esters is 4. The molecule has 0 aliphatic heterocycles. The van der Waals surface area contributed by atoms with E-state index in [4.69, 9.17) is 33.2 Å². The van der Waals surface area contributed by atoms with E-state index in [0.29, 0.717) is 16.4 Å². The summed E-state index contributed by atoms with van der Waals surface area (Å²) >= 11 is 1.42. The molecule has 0 saturated carbocycles. The number of thiazole rings is 1. The molecule has 0 bridgehead atoms. The van der Waals surface area contributed by atoms with E-state index < -0.39 is 37.5 Å². The third-order valence-corrected chi connectivity index (χ3v) is 7.94. The summed E-state index contributed by atoms with van der Waals surface area (Å²) in [6, 6.07) is 24.0. The van der Waals surface area contributed by atoms with Crippen LogP contribution in [0.2, 0.25) is 0 Å². The topological polar surface area (TPSA) is 170 Å². The first-order valence-electron chi connectivity index (χ1n) is 15.8. The molecule has 5 aromatic rings. The van der Waals surface area contributed by atoms with Crippen LogP contribution in [0.15, 0.2) is 128 Å². The summed E-state index contributed by atoms with van der Waals surface area (Å²) in [6.45, 7) is 8.70. The second-order valence-electron chi connectivity index (χ2n) is 10.5. The maximum absolute atomic E-state index is 13.5. The van der Waals surface area contributed by atoms with E-state index in [-0.39, 0.29) is 29.6 Å². The minimum Gasteiger partial charge on any atom is -0.457 e. The highest BCUT2D eigenvalue weighted by Crippen LogP contribution is 2.32. The molecule has 5 rings (SSSR count). The highest BCUT2D eigenvalue weighted by atomic mass is 32.1. The number of aromatic nitrogens is 1. The average molecular weight is 750 g/mol. The third kappa shape index (κ3) is 10.6. The van der Waals surface area contributed by atoms with Gasteiger partial charge in [-0.3, -0.25) is 5.43 Å². The Morgan fingerprint density at radius 1 is 0.685 bits per heavy atom. The highest BCUT2D eigenvalue weighted by Gasteiger charge is 2.17. The van der Waals surface area contributed by atoms with E-state index in [9.17, 15) is 19.2 Å². The molecular weight excluding hydrogens is 719 g/mol. The highest BCUT2D eigenvalue weighted by molar-refractivity contribution is 7.22. The maximum Gasteiger partial charge on any atom is 0.343 e. The lowest BCUT2D eigenvalue weighted by Gasteiger charge is -2.14. The molecule has 0 aliphatic rings. The van der Waals surface area contributed by atoms with Gasteiger partial charge in [-0.15, -0.1) is 0 Å². The van der Waals surface area contributed by atoms with Gasteiger partial charge in [-0.1, -0.05) is 61.4 Å². The zero-order valence-electron chi connectivity index (χ0n) is 28.4. The first kappa shape index (κ1) is 38.0. The molecule has 1 N–H and O–H groups in total. The number of ether oxygens (including phenoxy) is 7. The lowest BCUT2D eigenvalue weighted by atomic mass is 10.0. The van der Waals surface area contributed by atoms with Crippen molar-refractivity contribution in [1.82, 2.24) is 4.98 Å². The van der Waals surface area contributed by atoms with Gasteiger partial charge in [0.05, 0.1) is 22.0 Å². The normalized spacial score (nSPS) is 10.5. The molecule has 1 heterocycles. The van der Waals surface area contributed by atoms with Crippen LogP contribution in [0.1, 0.15) is 15.9 Å². The smallest absolute Gasteiger partial charge is 0.343 e. The Morgan fingerprint density at radius 2 is 1.30 bits per heavy atom. The van der Waals surface area contributed by atoms with Crippen LogP contribution in [0.5, 0.6) is 23.0 Å². The predicted molar refractivity (Wildman–Crippen MR) is 199 cm³/mol. The molecule has 54 heavy (non-hydrogen) atoms. The quantitative estimate of drug-likeness (QED) is 0.0188. The van der Waals surface area contributed by atoms with Crippen LogP contribution >= 0.6 is 11.3 Å². The molecule has 0 atom stereocenters. The minimum atomic E-state index is -0.771. The Hall–Kier alpha value is -7.26. The van der Waals surface area contributed by atoms with Gasteiger partial charge in [-0.2, -0.15) is 5.10 Å². The fourth-order valence-electron chi connectivity index (χ4n) is 4.40. The van der Waals surface area contributed by atoms with Crippen molar-refractivity contribution in [3.05, 3.63) is 134 Å². The molecule has 14 nitrogen and oxygen atoms in total. The number of benzene rings is 4. The van der Waals surface area contributed by atoms with E-state index in [1.54, 1.807) is 30.3 Å². The second-order valence-corrected chi connectivity index (χ2v) is 11.5. The van der Waals surface area contributed by atoms with Gasteiger partial charge >= 0.3 is 23.9 Å². The van der Waals surface area contributed by atoms with Crippen molar-refractivity contribution in [2.75, 3.05) is 25.8 Å². The molecule has 0 radical (unpaired) electrons. The molecule has 15 heteroatoms. The number of para-hydroxylation sites is 1. The van der Waals surface area contributed by atoms with Gasteiger partial charge in [-0.25, -0.2) is 24.2 Å². The third-order valence-electron chi connectivity index (χ3n) is 7.00. The second kappa shape index (κ2) is 18.8. The number of carbonyl (C=O) groups excluding carboxylic acids is 4. The van der Waals surface area contributed by atoms with Gasteiger partial charge in [0.1, 0.15) is 11.5 Å². The Kier molecular flexibility index (Phi) is 13.2. The number of rotatable bonds is 18. The monoisotopic (exact) mass is 749 g/mol.